The zero-order chi connectivity index (χ0) is 19.7. The van der Waals surface area contributed by atoms with Gasteiger partial charge in [-0.15, -0.1) is 0 Å². The number of methoxy groups -OCH3 is 1. The van der Waals surface area contributed by atoms with Crippen molar-refractivity contribution in [3.63, 3.8) is 0 Å². The average molecular weight is 382 g/mol. The highest BCUT2D eigenvalue weighted by molar-refractivity contribution is 5.98. The molecule has 0 radical (unpaired) electrons. The Hall–Kier alpha value is -3.16. The molecule has 1 aliphatic carbocycles. The number of aromatic hydroxyl groups is 1. The molecule has 0 bridgehead atoms. The van der Waals surface area contributed by atoms with Gasteiger partial charge in [0.2, 0.25) is 5.88 Å². The van der Waals surface area contributed by atoms with E-state index in [4.69, 9.17) is 4.74 Å². The topological polar surface area (TPSA) is 105 Å². The average Bonchev–Trinajstić information content (AvgIpc) is 3.34. The summed E-state index contributed by atoms with van der Waals surface area (Å²) in [4.78, 5) is 35.4. The highest BCUT2D eigenvalue weighted by Crippen LogP contribution is 2.33. The molecule has 0 saturated heterocycles. The summed E-state index contributed by atoms with van der Waals surface area (Å²) in [5.41, 5.74) is 2.13. The SMILES string of the molecule is COc1nc2c(cc1CNC(=O)c1ccc(O)cn1)C(=O)N(C1CCCC1)C2. The first-order chi connectivity index (χ1) is 13.6. The molecule has 28 heavy (non-hydrogen) atoms. The number of carbonyl (C=O) groups excluding carboxylic acids is 2. The van der Waals surface area contributed by atoms with Gasteiger partial charge in [-0.2, -0.15) is 0 Å². The van der Waals surface area contributed by atoms with E-state index in [2.05, 4.69) is 15.3 Å². The molecular weight excluding hydrogens is 360 g/mol. The van der Waals surface area contributed by atoms with E-state index in [1.807, 2.05) is 4.90 Å². The number of pyridine rings is 2. The van der Waals surface area contributed by atoms with Gasteiger partial charge in [0.1, 0.15) is 11.4 Å². The number of ether oxygens (including phenoxy) is 1. The second-order valence-electron chi connectivity index (χ2n) is 7.11. The number of amides is 2. The largest absolute Gasteiger partial charge is 0.506 e. The summed E-state index contributed by atoms with van der Waals surface area (Å²) in [6.45, 7) is 0.667. The molecule has 2 N–H and O–H groups in total. The summed E-state index contributed by atoms with van der Waals surface area (Å²) in [6.07, 6.45) is 5.61. The zero-order valence-corrected chi connectivity index (χ0v) is 15.6. The van der Waals surface area contributed by atoms with Crippen molar-refractivity contribution in [1.29, 1.82) is 0 Å². The second-order valence-corrected chi connectivity index (χ2v) is 7.11. The van der Waals surface area contributed by atoms with Crippen molar-refractivity contribution in [2.45, 2.75) is 44.8 Å². The monoisotopic (exact) mass is 382 g/mol. The van der Waals surface area contributed by atoms with Crippen LogP contribution in [0.3, 0.4) is 0 Å². The number of carbonyl (C=O) groups is 2. The van der Waals surface area contributed by atoms with Crippen molar-refractivity contribution in [2.75, 3.05) is 7.11 Å². The molecule has 4 rings (SSSR count). The molecule has 0 unspecified atom stereocenters. The Bertz CT molecular complexity index is 907. The van der Waals surface area contributed by atoms with Crippen LogP contribution < -0.4 is 10.1 Å². The Kier molecular flexibility index (Phi) is 4.85. The molecule has 8 nitrogen and oxygen atoms in total. The van der Waals surface area contributed by atoms with Crippen LogP contribution in [0.2, 0.25) is 0 Å². The Balaban J connectivity index is 1.51. The smallest absolute Gasteiger partial charge is 0.270 e. The van der Waals surface area contributed by atoms with Crippen LogP contribution in [0.4, 0.5) is 0 Å². The van der Waals surface area contributed by atoms with Crippen LogP contribution in [0, 0.1) is 0 Å². The number of hydrogen-bond donors (Lipinski definition) is 2. The molecule has 0 spiro atoms. The molecule has 2 aromatic rings. The molecule has 1 saturated carbocycles. The Morgan fingerprint density at radius 1 is 1.36 bits per heavy atom. The van der Waals surface area contributed by atoms with Crippen molar-refractivity contribution >= 4 is 11.8 Å². The quantitative estimate of drug-likeness (QED) is 0.820. The maximum absolute atomic E-state index is 12.9. The fourth-order valence-corrected chi connectivity index (χ4v) is 3.87. The van der Waals surface area contributed by atoms with Gasteiger partial charge in [0, 0.05) is 18.2 Å². The molecule has 2 aromatic heterocycles. The van der Waals surface area contributed by atoms with E-state index in [1.54, 1.807) is 6.07 Å². The number of nitrogens with zero attached hydrogens (tertiary/aromatic N) is 3. The lowest BCUT2D eigenvalue weighted by atomic mass is 10.1. The van der Waals surface area contributed by atoms with E-state index in [1.165, 1.54) is 25.4 Å². The van der Waals surface area contributed by atoms with E-state index in [0.717, 1.165) is 31.4 Å². The summed E-state index contributed by atoms with van der Waals surface area (Å²) >= 11 is 0. The van der Waals surface area contributed by atoms with Gasteiger partial charge in [0.05, 0.1) is 31.1 Å². The first kappa shape index (κ1) is 18.2. The number of aromatic nitrogens is 2. The van der Waals surface area contributed by atoms with Gasteiger partial charge >= 0.3 is 0 Å². The lowest BCUT2D eigenvalue weighted by Crippen LogP contribution is -2.33. The molecule has 0 atom stereocenters. The second kappa shape index (κ2) is 7.46. The third-order valence-corrected chi connectivity index (χ3v) is 5.33. The Labute approximate surface area is 162 Å². The molecule has 0 aromatic carbocycles. The Morgan fingerprint density at radius 2 is 2.14 bits per heavy atom. The van der Waals surface area contributed by atoms with Gasteiger partial charge in [-0.3, -0.25) is 9.59 Å². The molecule has 1 fully saturated rings. The van der Waals surface area contributed by atoms with Crippen LogP contribution in [-0.2, 0) is 13.1 Å². The van der Waals surface area contributed by atoms with E-state index < -0.39 is 0 Å². The number of rotatable bonds is 5. The maximum atomic E-state index is 12.9. The Morgan fingerprint density at radius 3 is 2.82 bits per heavy atom. The molecule has 1 aliphatic heterocycles. The lowest BCUT2D eigenvalue weighted by Gasteiger charge is -2.22. The van der Waals surface area contributed by atoms with Crippen molar-refractivity contribution in [3.8, 4) is 11.6 Å². The summed E-state index contributed by atoms with van der Waals surface area (Å²) in [7, 11) is 1.52. The van der Waals surface area contributed by atoms with E-state index in [9.17, 15) is 14.7 Å². The van der Waals surface area contributed by atoms with Gasteiger partial charge in [-0.05, 0) is 31.0 Å². The minimum atomic E-state index is -0.388. The number of nitrogens with one attached hydrogen (secondary N) is 1. The first-order valence-electron chi connectivity index (χ1n) is 9.38. The van der Waals surface area contributed by atoms with Crippen LogP contribution in [0.1, 0.15) is 57.8 Å². The van der Waals surface area contributed by atoms with Crippen molar-refractivity contribution in [2.24, 2.45) is 0 Å². The number of fused-ring (bicyclic) bond motifs is 1. The first-order valence-corrected chi connectivity index (χ1v) is 9.38. The van der Waals surface area contributed by atoms with Crippen LogP contribution in [0.5, 0.6) is 11.6 Å². The van der Waals surface area contributed by atoms with Crippen LogP contribution in [0.25, 0.3) is 0 Å². The van der Waals surface area contributed by atoms with E-state index in [0.29, 0.717) is 23.6 Å². The number of hydrogen-bond acceptors (Lipinski definition) is 6. The fourth-order valence-electron chi connectivity index (χ4n) is 3.87. The highest BCUT2D eigenvalue weighted by Gasteiger charge is 2.35. The highest BCUT2D eigenvalue weighted by atomic mass is 16.5. The maximum Gasteiger partial charge on any atom is 0.270 e. The normalized spacial score (nSPS) is 16.3. The van der Waals surface area contributed by atoms with Gasteiger partial charge in [-0.25, -0.2) is 9.97 Å². The standard InChI is InChI=1S/C20H22N4O4/c1-28-19-12(9-22-18(26)16-7-6-14(25)10-21-16)8-15-17(23-19)11-24(20(15)27)13-4-2-3-5-13/h6-8,10,13,25H,2-5,9,11H2,1H3,(H,22,26). The predicted molar refractivity (Wildman–Crippen MR) is 100.0 cm³/mol. The van der Waals surface area contributed by atoms with Gasteiger partial charge in [0.25, 0.3) is 11.8 Å². The molecule has 8 heteroatoms. The lowest BCUT2D eigenvalue weighted by molar-refractivity contribution is 0.0706. The minimum Gasteiger partial charge on any atom is -0.506 e. The van der Waals surface area contributed by atoms with Gasteiger partial charge < -0.3 is 20.1 Å². The molecule has 146 valence electrons. The summed E-state index contributed by atoms with van der Waals surface area (Å²) in [5, 5.41) is 12.0. The van der Waals surface area contributed by atoms with Crippen molar-refractivity contribution in [3.05, 3.63) is 46.9 Å². The fraction of sp³-hybridized carbons (Fsp3) is 0.400. The van der Waals surface area contributed by atoms with Crippen LogP contribution >= 0.6 is 0 Å². The van der Waals surface area contributed by atoms with Gasteiger partial charge in [-0.1, -0.05) is 12.8 Å². The summed E-state index contributed by atoms with van der Waals surface area (Å²) in [5.74, 6) is 0.0106. The molecule has 3 heterocycles. The zero-order valence-electron chi connectivity index (χ0n) is 15.6. The molecular formula is C20H22N4O4. The van der Waals surface area contributed by atoms with Crippen molar-refractivity contribution < 1.29 is 19.4 Å². The minimum absolute atomic E-state index is 0.00447. The summed E-state index contributed by atoms with van der Waals surface area (Å²) in [6, 6.07) is 4.89. The van der Waals surface area contributed by atoms with Crippen LogP contribution in [0.15, 0.2) is 24.4 Å². The predicted octanol–water partition coefficient (Wildman–Crippen LogP) is 2.02. The third kappa shape index (κ3) is 3.37. The van der Waals surface area contributed by atoms with E-state index in [-0.39, 0.29) is 35.8 Å². The summed E-state index contributed by atoms with van der Waals surface area (Å²) < 4.78 is 5.38. The molecule has 2 amide bonds. The third-order valence-electron chi connectivity index (χ3n) is 5.33. The van der Waals surface area contributed by atoms with Crippen molar-refractivity contribution in [1.82, 2.24) is 20.2 Å². The molecule has 2 aliphatic rings. The van der Waals surface area contributed by atoms with Crippen LogP contribution in [-0.4, -0.2) is 44.9 Å². The van der Waals surface area contributed by atoms with E-state index >= 15 is 0 Å². The van der Waals surface area contributed by atoms with Gasteiger partial charge in [0.15, 0.2) is 0 Å².